The lowest BCUT2D eigenvalue weighted by Crippen LogP contribution is -2.32. The van der Waals surface area contributed by atoms with Crippen LogP contribution in [0.4, 0.5) is 14.5 Å². The van der Waals surface area contributed by atoms with E-state index in [1.54, 1.807) is 6.07 Å². The van der Waals surface area contributed by atoms with Crippen molar-refractivity contribution in [2.45, 2.75) is 50.6 Å². The van der Waals surface area contributed by atoms with Crippen LogP contribution in [-0.4, -0.2) is 26.4 Å². The fourth-order valence-corrected chi connectivity index (χ4v) is 5.12. The van der Waals surface area contributed by atoms with E-state index in [2.05, 4.69) is 10.4 Å². The molecule has 2 aromatic rings. The normalized spacial score (nSPS) is 23.7. The first-order chi connectivity index (χ1) is 12.7. The molecular weight excluding hydrogens is 352 g/mol. The second kappa shape index (κ2) is 6.12. The average Bonchev–Trinajstić information content (AvgIpc) is 3.26. The van der Waals surface area contributed by atoms with E-state index in [0.29, 0.717) is 5.69 Å². The zero-order valence-corrected chi connectivity index (χ0v) is 15.5. The summed E-state index contributed by atoms with van der Waals surface area (Å²) in [4.78, 5) is 12.7. The van der Waals surface area contributed by atoms with Crippen LogP contribution in [0.1, 0.15) is 72.1 Å². The van der Waals surface area contributed by atoms with Crippen molar-refractivity contribution in [3.63, 3.8) is 0 Å². The summed E-state index contributed by atoms with van der Waals surface area (Å²) >= 11 is 0. The number of benzene rings is 1. The Balaban J connectivity index is 1.68. The summed E-state index contributed by atoms with van der Waals surface area (Å²) in [6, 6.07) is 5.72. The maximum atomic E-state index is 13.2. The smallest absolute Gasteiger partial charge is 0.282 e. The van der Waals surface area contributed by atoms with Crippen molar-refractivity contribution in [2.75, 3.05) is 5.32 Å². The maximum absolute atomic E-state index is 13.2. The molecule has 1 heterocycles. The molecule has 0 saturated heterocycles. The van der Waals surface area contributed by atoms with Crippen LogP contribution in [0.5, 0.6) is 0 Å². The molecule has 1 saturated carbocycles. The standard InChI is InChI=1S/C20H23F2N3O2/c1-20(2,27)16-11-7-8-12(16)15-10(11)5-4-6-14(15)23-19(26)13-9-25(3)24-17(13)18(21)22/h4-6,9,11-12,16,18,27H,7-8H2,1-3H3,(H,23,26)/t11-,12+,16-/m0/s1. The number of anilines is 1. The molecule has 1 aromatic heterocycles. The van der Waals surface area contributed by atoms with Gasteiger partial charge in [0.2, 0.25) is 0 Å². The minimum Gasteiger partial charge on any atom is -0.390 e. The van der Waals surface area contributed by atoms with Crippen LogP contribution in [0.3, 0.4) is 0 Å². The average molecular weight is 375 g/mol. The number of aliphatic hydroxyl groups is 1. The first-order valence-corrected chi connectivity index (χ1v) is 9.16. The van der Waals surface area contributed by atoms with E-state index < -0.39 is 23.6 Å². The molecule has 3 atom stereocenters. The highest BCUT2D eigenvalue weighted by Gasteiger charge is 2.52. The van der Waals surface area contributed by atoms with Crippen molar-refractivity contribution >= 4 is 11.6 Å². The molecule has 2 N–H and O–H groups in total. The molecule has 0 unspecified atom stereocenters. The third-order valence-corrected chi connectivity index (χ3v) is 5.94. The quantitative estimate of drug-likeness (QED) is 0.850. The highest BCUT2D eigenvalue weighted by atomic mass is 19.3. The van der Waals surface area contributed by atoms with E-state index in [1.165, 1.54) is 17.9 Å². The summed E-state index contributed by atoms with van der Waals surface area (Å²) in [5.74, 6) is -0.0724. The maximum Gasteiger partial charge on any atom is 0.282 e. The van der Waals surface area contributed by atoms with Crippen molar-refractivity contribution in [3.05, 3.63) is 46.8 Å². The molecule has 144 valence electrons. The van der Waals surface area contributed by atoms with Crippen molar-refractivity contribution in [3.8, 4) is 0 Å². The Morgan fingerprint density at radius 3 is 2.70 bits per heavy atom. The van der Waals surface area contributed by atoms with Crippen LogP contribution < -0.4 is 5.32 Å². The highest BCUT2D eigenvalue weighted by Crippen LogP contribution is 2.62. The Labute approximate surface area is 156 Å². The van der Waals surface area contributed by atoms with Gasteiger partial charge in [-0.1, -0.05) is 12.1 Å². The molecule has 0 radical (unpaired) electrons. The topological polar surface area (TPSA) is 67.2 Å². The summed E-state index contributed by atoms with van der Waals surface area (Å²) in [7, 11) is 1.51. The Hall–Kier alpha value is -2.28. The SMILES string of the molecule is Cn1cc(C(=O)Nc2cccc3c2[C@H]2CC[C@@H]3[C@@H]2C(C)(C)O)c(C(F)F)n1. The van der Waals surface area contributed by atoms with Crippen LogP contribution in [0.25, 0.3) is 0 Å². The third kappa shape index (κ3) is 2.84. The molecule has 2 aliphatic carbocycles. The monoisotopic (exact) mass is 375 g/mol. The summed E-state index contributed by atoms with van der Waals surface area (Å²) < 4.78 is 27.6. The van der Waals surface area contributed by atoms with Crippen molar-refractivity contribution in [1.82, 2.24) is 9.78 Å². The first-order valence-electron chi connectivity index (χ1n) is 9.16. The molecular formula is C20H23F2N3O2. The number of carbonyl (C=O) groups is 1. The van der Waals surface area contributed by atoms with E-state index in [-0.39, 0.29) is 23.3 Å². The number of hydrogen-bond acceptors (Lipinski definition) is 3. The molecule has 7 heteroatoms. The number of alkyl halides is 2. The lowest BCUT2D eigenvalue weighted by atomic mass is 9.81. The number of rotatable bonds is 4. The molecule has 5 nitrogen and oxygen atoms in total. The van der Waals surface area contributed by atoms with Gasteiger partial charge in [0, 0.05) is 24.8 Å². The Morgan fingerprint density at radius 1 is 1.33 bits per heavy atom. The minimum absolute atomic E-state index is 0.0977. The van der Waals surface area contributed by atoms with Crippen LogP contribution >= 0.6 is 0 Å². The number of nitrogens with zero attached hydrogens (tertiary/aromatic N) is 2. The van der Waals surface area contributed by atoms with Crippen LogP contribution in [0.15, 0.2) is 24.4 Å². The van der Waals surface area contributed by atoms with Gasteiger partial charge in [0.1, 0.15) is 5.69 Å². The molecule has 4 rings (SSSR count). The number of fused-ring (bicyclic) bond motifs is 5. The first kappa shape index (κ1) is 18.1. The number of carbonyl (C=O) groups excluding carboxylic acids is 1. The number of amides is 1. The zero-order chi connectivity index (χ0) is 19.5. The predicted molar refractivity (Wildman–Crippen MR) is 97.1 cm³/mol. The fraction of sp³-hybridized carbons (Fsp3) is 0.500. The molecule has 2 bridgehead atoms. The molecule has 2 aliphatic rings. The van der Waals surface area contributed by atoms with Gasteiger partial charge in [-0.25, -0.2) is 8.78 Å². The summed E-state index contributed by atoms with van der Waals surface area (Å²) in [5.41, 5.74) is 1.38. The summed E-state index contributed by atoms with van der Waals surface area (Å²) in [5, 5.41) is 17.2. The predicted octanol–water partition coefficient (Wildman–Crippen LogP) is 3.97. The molecule has 0 spiro atoms. The van der Waals surface area contributed by atoms with Gasteiger partial charge in [0.05, 0.1) is 11.2 Å². The van der Waals surface area contributed by atoms with Gasteiger partial charge in [-0.3, -0.25) is 9.48 Å². The largest absolute Gasteiger partial charge is 0.390 e. The second-order valence-corrected chi connectivity index (χ2v) is 8.13. The fourth-order valence-electron chi connectivity index (χ4n) is 5.12. The molecule has 27 heavy (non-hydrogen) atoms. The van der Waals surface area contributed by atoms with Gasteiger partial charge in [0.25, 0.3) is 12.3 Å². The van der Waals surface area contributed by atoms with Gasteiger partial charge < -0.3 is 10.4 Å². The van der Waals surface area contributed by atoms with Crippen molar-refractivity contribution < 1.29 is 18.7 Å². The van der Waals surface area contributed by atoms with Crippen LogP contribution in [0.2, 0.25) is 0 Å². The number of hydrogen-bond donors (Lipinski definition) is 2. The van der Waals surface area contributed by atoms with Gasteiger partial charge in [-0.2, -0.15) is 5.10 Å². The highest BCUT2D eigenvalue weighted by molar-refractivity contribution is 6.05. The lowest BCUT2D eigenvalue weighted by molar-refractivity contribution is 0.0106. The van der Waals surface area contributed by atoms with E-state index in [9.17, 15) is 18.7 Å². The van der Waals surface area contributed by atoms with Gasteiger partial charge in [-0.05, 0) is 55.7 Å². The van der Waals surface area contributed by atoms with Gasteiger partial charge >= 0.3 is 0 Å². The zero-order valence-electron chi connectivity index (χ0n) is 15.5. The summed E-state index contributed by atoms with van der Waals surface area (Å²) in [6.07, 6.45) is 0.464. The molecule has 1 amide bonds. The molecule has 0 aliphatic heterocycles. The van der Waals surface area contributed by atoms with Gasteiger partial charge in [0.15, 0.2) is 0 Å². The third-order valence-electron chi connectivity index (χ3n) is 5.94. The van der Waals surface area contributed by atoms with E-state index in [4.69, 9.17) is 0 Å². The van der Waals surface area contributed by atoms with Crippen LogP contribution in [0, 0.1) is 5.92 Å². The van der Waals surface area contributed by atoms with E-state index in [1.807, 2.05) is 26.0 Å². The van der Waals surface area contributed by atoms with E-state index >= 15 is 0 Å². The number of halogens is 2. The number of aromatic nitrogens is 2. The molecule has 1 fully saturated rings. The van der Waals surface area contributed by atoms with Crippen molar-refractivity contribution in [1.29, 1.82) is 0 Å². The molecule has 1 aromatic carbocycles. The summed E-state index contributed by atoms with van der Waals surface area (Å²) in [6.45, 7) is 3.66. The number of aryl methyl sites for hydroxylation is 1. The van der Waals surface area contributed by atoms with Crippen LogP contribution in [-0.2, 0) is 7.05 Å². The minimum atomic E-state index is -2.82. The van der Waals surface area contributed by atoms with Crippen molar-refractivity contribution in [2.24, 2.45) is 13.0 Å². The van der Waals surface area contributed by atoms with Gasteiger partial charge in [-0.15, -0.1) is 0 Å². The Bertz CT molecular complexity index is 901. The Kier molecular flexibility index (Phi) is 4.10. The second-order valence-electron chi connectivity index (χ2n) is 8.13. The Morgan fingerprint density at radius 2 is 2.04 bits per heavy atom. The lowest BCUT2D eigenvalue weighted by Gasteiger charge is -2.30. The number of nitrogens with one attached hydrogen (secondary N) is 1. The van der Waals surface area contributed by atoms with E-state index in [0.717, 1.165) is 24.0 Å².